The number of nitrogens with zero attached hydrogens (tertiary/aromatic N) is 3. The highest BCUT2D eigenvalue weighted by Gasteiger charge is 2.58. The van der Waals surface area contributed by atoms with E-state index >= 15 is 0 Å². The Hall–Kier alpha value is -2.39. The van der Waals surface area contributed by atoms with Crippen molar-refractivity contribution in [2.45, 2.75) is 18.3 Å². The van der Waals surface area contributed by atoms with Crippen LogP contribution in [0.3, 0.4) is 0 Å². The van der Waals surface area contributed by atoms with Crippen LogP contribution in [0.5, 0.6) is 5.75 Å². The lowest BCUT2D eigenvalue weighted by molar-refractivity contribution is -0.290. The van der Waals surface area contributed by atoms with Gasteiger partial charge in [0.1, 0.15) is 15.1 Å². The summed E-state index contributed by atoms with van der Waals surface area (Å²) in [5.74, 6) is -5.72. The van der Waals surface area contributed by atoms with Crippen LogP contribution in [0.25, 0.3) is 11.5 Å². The maximum absolute atomic E-state index is 12.9. The molecule has 162 valence electrons. The third kappa shape index (κ3) is 4.22. The highest BCUT2D eigenvalue weighted by atomic mass is 127. The second-order valence-electron chi connectivity index (χ2n) is 5.93. The number of fused-ring (bicyclic) bond motifs is 1. The van der Waals surface area contributed by atoms with Crippen LogP contribution in [0.4, 0.5) is 35.1 Å². The van der Waals surface area contributed by atoms with Gasteiger partial charge in [0.05, 0.1) is 5.56 Å². The van der Waals surface area contributed by atoms with Crippen molar-refractivity contribution >= 4 is 28.2 Å². The van der Waals surface area contributed by atoms with E-state index in [-0.39, 0.29) is 15.2 Å². The van der Waals surface area contributed by atoms with Crippen LogP contribution in [-0.2, 0) is 6.18 Å². The lowest BCUT2D eigenvalue weighted by Gasteiger charge is -2.19. The number of alkyl halides is 8. The number of hydrogen-bond donors (Lipinski definition) is 0. The van der Waals surface area contributed by atoms with Gasteiger partial charge in [-0.3, -0.25) is 13.8 Å². The summed E-state index contributed by atoms with van der Waals surface area (Å²) in [6, 6.07) is 3.52. The Balaban J connectivity index is 1.93. The molecule has 0 fully saturated rings. The van der Waals surface area contributed by atoms with Gasteiger partial charge in [-0.2, -0.15) is 35.1 Å². The standard InChI is InChI=1S/C16H8F8IN3O2/c17-14(18,16(22,23)24)7-30-9-3-4-27(11(29)5-9)13-12(25)28-6-8(15(19,20)21)1-2-10(28)26-13/h1-6H,7H2. The molecule has 0 N–H and O–H groups in total. The van der Waals surface area contributed by atoms with Gasteiger partial charge in [-0.15, -0.1) is 0 Å². The van der Waals surface area contributed by atoms with Gasteiger partial charge in [-0.25, -0.2) is 4.98 Å². The van der Waals surface area contributed by atoms with Crippen LogP contribution < -0.4 is 10.3 Å². The van der Waals surface area contributed by atoms with Crippen LogP contribution in [-0.4, -0.2) is 32.7 Å². The van der Waals surface area contributed by atoms with Crippen LogP contribution in [0.15, 0.2) is 41.5 Å². The molecule has 0 radical (unpaired) electrons. The van der Waals surface area contributed by atoms with Crippen LogP contribution in [0.2, 0.25) is 0 Å². The molecule has 0 saturated heterocycles. The van der Waals surface area contributed by atoms with Crippen molar-refractivity contribution in [2.75, 3.05) is 6.61 Å². The van der Waals surface area contributed by atoms with E-state index in [9.17, 15) is 39.9 Å². The second-order valence-corrected chi connectivity index (χ2v) is 6.95. The highest BCUT2D eigenvalue weighted by Crippen LogP contribution is 2.35. The number of hydrogen-bond acceptors (Lipinski definition) is 3. The molecule has 0 aliphatic rings. The second kappa shape index (κ2) is 7.39. The molecule has 5 nitrogen and oxygen atoms in total. The van der Waals surface area contributed by atoms with Gasteiger partial charge in [-0.1, -0.05) is 0 Å². The van der Waals surface area contributed by atoms with Crippen molar-refractivity contribution in [1.82, 2.24) is 14.0 Å². The summed E-state index contributed by atoms with van der Waals surface area (Å²) in [4.78, 5) is 16.3. The first kappa shape index (κ1) is 22.3. The molecule has 0 saturated carbocycles. The van der Waals surface area contributed by atoms with Crippen molar-refractivity contribution in [1.29, 1.82) is 0 Å². The SMILES string of the molecule is O=c1cc(OCC(F)(F)C(F)(F)F)ccn1-c1nc2ccc(C(F)(F)F)cn2c1I. The topological polar surface area (TPSA) is 48.5 Å². The molecule has 0 aromatic carbocycles. The molecule has 14 heteroatoms. The van der Waals surface area contributed by atoms with Gasteiger partial charge in [-0.05, 0) is 40.8 Å². The highest BCUT2D eigenvalue weighted by molar-refractivity contribution is 14.1. The summed E-state index contributed by atoms with van der Waals surface area (Å²) < 4.78 is 108. The number of pyridine rings is 2. The number of imidazole rings is 1. The molecule has 0 bridgehead atoms. The van der Waals surface area contributed by atoms with Gasteiger partial charge in [0.15, 0.2) is 12.4 Å². The van der Waals surface area contributed by atoms with Crippen molar-refractivity contribution in [3.05, 3.63) is 56.3 Å². The summed E-state index contributed by atoms with van der Waals surface area (Å²) >= 11 is 1.66. The molecule has 3 rings (SSSR count). The van der Waals surface area contributed by atoms with Crippen molar-refractivity contribution in [3.8, 4) is 11.6 Å². The lowest BCUT2D eigenvalue weighted by Crippen LogP contribution is -2.41. The van der Waals surface area contributed by atoms with Crippen molar-refractivity contribution in [2.24, 2.45) is 0 Å². The van der Waals surface area contributed by atoms with Gasteiger partial charge in [0.2, 0.25) is 0 Å². The smallest absolute Gasteiger partial charge is 0.456 e. The first-order chi connectivity index (χ1) is 13.7. The Bertz CT molecular complexity index is 1150. The number of aromatic nitrogens is 3. The average Bonchev–Trinajstić information content (AvgIpc) is 2.94. The summed E-state index contributed by atoms with van der Waals surface area (Å²) in [5.41, 5.74) is -1.75. The molecule has 3 aromatic heterocycles. The normalized spacial score (nSPS) is 13.1. The third-order valence-corrected chi connectivity index (χ3v) is 4.83. The Labute approximate surface area is 175 Å². The van der Waals surface area contributed by atoms with E-state index in [1.54, 1.807) is 22.6 Å². The summed E-state index contributed by atoms with van der Waals surface area (Å²) in [7, 11) is 0. The van der Waals surface area contributed by atoms with Crippen molar-refractivity contribution in [3.63, 3.8) is 0 Å². The molecule has 0 unspecified atom stereocenters. The Morgan fingerprint density at radius 1 is 1.03 bits per heavy atom. The fourth-order valence-corrected chi connectivity index (χ4v) is 3.07. The quantitative estimate of drug-likeness (QED) is 0.349. The lowest BCUT2D eigenvalue weighted by atomic mass is 10.3. The zero-order valence-corrected chi connectivity index (χ0v) is 16.4. The molecule has 0 aliphatic carbocycles. The van der Waals surface area contributed by atoms with Crippen LogP contribution in [0, 0.1) is 3.70 Å². The molecule has 0 amide bonds. The fourth-order valence-electron chi connectivity index (χ4n) is 2.31. The molecular formula is C16H8F8IN3O2. The number of halogens is 9. The van der Waals surface area contributed by atoms with E-state index < -0.39 is 41.8 Å². The number of rotatable bonds is 4. The van der Waals surface area contributed by atoms with E-state index in [0.717, 1.165) is 39.6 Å². The van der Waals surface area contributed by atoms with E-state index in [1.807, 2.05) is 0 Å². The fraction of sp³-hybridized carbons (Fsp3) is 0.250. The van der Waals surface area contributed by atoms with Gasteiger partial charge in [0.25, 0.3) is 5.56 Å². The molecule has 0 atom stereocenters. The zero-order valence-electron chi connectivity index (χ0n) is 14.2. The van der Waals surface area contributed by atoms with Gasteiger partial charge < -0.3 is 4.74 Å². The van der Waals surface area contributed by atoms with Gasteiger partial charge >= 0.3 is 18.3 Å². The minimum Gasteiger partial charge on any atom is -0.487 e. The maximum atomic E-state index is 12.9. The summed E-state index contributed by atoms with van der Waals surface area (Å²) in [6.07, 6.45) is -8.63. The van der Waals surface area contributed by atoms with Crippen LogP contribution >= 0.6 is 22.6 Å². The minimum atomic E-state index is -5.82. The van der Waals surface area contributed by atoms with Crippen molar-refractivity contribution < 1.29 is 39.9 Å². The molecule has 0 spiro atoms. The predicted octanol–water partition coefficient (Wildman–Crippen LogP) is 4.69. The van der Waals surface area contributed by atoms with E-state index in [1.165, 1.54) is 0 Å². The van der Waals surface area contributed by atoms with E-state index in [0.29, 0.717) is 6.07 Å². The van der Waals surface area contributed by atoms with E-state index in [4.69, 9.17) is 0 Å². The van der Waals surface area contributed by atoms with Gasteiger partial charge in [0, 0.05) is 18.5 Å². The maximum Gasteiger partial charge on any atom is 0.456 e. The number of ether oxygens (including phenoxy) is 1. The first-order valence-electron chi connectivity index (χ1n) is 7.76. The monoisotopic (exact) mass is 553 g/mol. The molecular weight excluding hydrogens is 545 g/mol. The van der Waals surface area contributed by atoms with Crippen LogP contribution in [0.1, 0.15) is 5.56 Å². The largest absolute Gasteiger partial charge is 0.487 e. The van der Waals surface area contributed by atoms with E-state index in [2.05, 4.69) is 9.72 Å². The molecule has 30 heavy (non-hydrogen) atoms. The Morgan fingerprint density at radius 2 is 1.70 bits per heavy atom. The Morgan fingerprint density at radius 3 is 2.27 bits per heavy atom. The summed E-state index contributed by atoms with van der Waals surface area (Å²) in [6.45, 7) is -2.02. The summed E-state index contributed by atoms with van der Waals surface area (Å²) in [5, 5.41) is 0. The molecule has 3 heterocycles. The Kier molecular flexibility index (Phi) is 5.49. The predicted molar refractivity (Wildman–Crippen MR) is 95.0 cm³/mol. The molecule has 3 aromatic rings. The first-order valence-corrected chi connectivity index (χ1v) is 8.84. The average molecular weight is 553 g/mol. The minimum absolute atomic E-state index is 0.0629. The third-order valence-electron chi connectivity index (χ3n) is 3.82. The zero-order chi connectivity index (χ0) is 22.5. The molecule has 0 aliphatic heterocycles.